The highest BCUT2D eigenvalue weighted by atomic mass is 14.8. The van der Waals surface area contributed by atoms with Crippen LogP contribution in [0.5, 0.6) is 0 Å². The number of hydrogen-bond acceptors (Lipinski definition) is 2. The molecule has 0 unspecified atom stereocenters. The molecule has 1 aromatic rings. The molecule has 0 bridgehead atoms. The minimum Gasteiger partial charge on any atom is -0.315 e. The second kappa shape index (κ2) is 7.90. The van der Waals surface area contributed by atoms with Gasteiger partial charge in [-0.15, -0.1) is 0 Å². The summed E-state index contributed by atoms with van der Waals surface area (Å²) >= 11 is 0. The third-order valence-corrected chi connectivity index (χ3v) is 2.57. The predicted octanol–water partition coefficient (Wildman–Crippen LogP) is 2.68. The Bertz CT molecular complexity index is 322. The second-order valence-corrected chi connectivity index (χ2v) is 3.97. The topological polar surface area (TPSA) is 35.8 Å². The minimum absolute atomic E-state index is 0.593. The van der Waals surface area contributed by atoms with Crippen LogP contribution < -0.4 is 5.32 Å². The molecule has 0 amide bonds. The molecule has 2 nitrogen and oxygen atoms in total. The van der Waals surface area contributed by atoms with E-state index in [1.165, 1.54) is 24.0 Å². The molecule has 16 heavy (non-hydrogen) atoms. The molecule has 0 radical (unpaired) electrons. The largest absolute Gasteiger partial charge is 0.315 e. The van der Waals surface area contributed by atoms with Crippen molar-refractivity contribution in [2.24, 2.45) is 0 Å². The van der Waals surface area contributed by atoms with E-state index in [9.17, 15) is 0 Å². The molecule has 0 fully saturated rings. The van der Waals surface area contributed by atoms with E-state index in [0.717, 1.165) is 19.5 Å². The molecule has 0 atom stereocenters. The van der Waals surface area contributed by atoms with Crippen LogP contribution in [0.2, 0.25) is 0 Å². The Balaban J connectivity index is 2.24. The van der Waals surface area contributed by atoms with Crippen LogP contribution in [0.1, 0.15) is 30.9 Å². The van der Waals surface area contributed by atoms with Crippen LogP contribution in [0, 0.1) is 11.3 Å². The first-order valence-corrected chi connectivity index (χ1v) is 6.02. The summed E-state index contributed by atoms with van der Waals surface area (Å²) in [5.41, 5.74) is 2.79. The van der Waals surface area contributed by atoms with Gasteiger partial charge in [-0.1, -0.05) is 37.6 Å². The summed E-state index contributed by atoms with van der Waals surface area (Å²) < 4.78 is 0. The maximum atomic E-state index is 8.37. The first-order valence-electron chi connectivity index (χ1n) is 6.02. The van der Waals surface area contributed by atoms with Crippen molar-refractivity contribution >= 4 is 0 Å². The Kier molecular flexibility index (Phi) is 6.29. The minimum atomic E-state index is 0.593. The highest BCUT2D eigenvalue weighted by molar-refractivity contribution is 5.22. The van der Waals surface area contributed by atoms with Crippen LogP contribution >= 0.6 is 0 Å². The Morgan fingerprint density at radius 3 is 2.25 bits per heavy atom. The average molecular weight is 216 g/mol. The number of nitrogens with one attached hydrogen (secondary N) is 1. The van der Waals surface area contributed by atoms with Gasteiger partial charge in [-0.05, 0) is 30.5 Å². The second-order valence-electron chi connectivity index (χ2n) is 3.97. The molecular weight excluding hydrogens is 196 g/mol. The molecule has 0 saturated heterocycles. The number of hydrogen-bond donors (Lipinski definition) is 1. The lowest BCUT2D eigenvalue weighted by Crippen LogP contribution is -2.18. The molecule has 0 saturated carbocycles. The summed E-state index contributed by atoms with van der Waals surface area (Å²) in [5, 5.41) is 11.6. The molecule has 2 heteroatoms. The van der Waals surface area contributed by atoms with Gasteiger partial charge in [0.05, 0.1) is 6.07 Å². The van der Waals surface area contributed by atoms with Crippen molar-refractivity contribution in [3.63, 3.8) is 0 Å². The summed E-state index contributed by atoms with van der Waals surface area (Å²) in [6, 6.07) is 11.0. The molecule has 0 heterocycles. The molecule has 0 aliphatic heterocycles. The zero-order valence-electron chi connectivity index (χ0n) is 10.00. The normalized spacial score (nSPS) is 10.0. The van der Waals surface area contributed by atoms with Crippen molar-refractivity contribution < 1.29 is 0 Å². The monoisotopic (exact) mass is 216 g/mol. The van der Waals surface area contributed by atoms with E-state index >= 15 is 0 Å². The van der Waals surface area contributed by atoms with Gasteiger partial charge in [-0.2, -0.15) is 5.26 Å². The van der Waals surface area contributed by atoms with Crippen LogP contribution in [-0.4, -0.2) is 13.1 Å². The van der Waals surface area contributed by atoms with Gasteiger partial charge in [-0.25, -0.2) is 0 Å². The van der Waals surface area contributed by atoms with E-state index in [0.29, 0.717) is 6.42 Å². The third-order valence-electron chi connectivity index (χ3n) is 2.57. The molecule has 1 aromatic carbocycles. The quantitative estimate of drug-likeness (QED) is 0.711. The van der Waals surface area contributed by atoms with Crippen molar-refractivity contribution in [3.05, 3.63) is 35.4 Å². The van der Waals surface area contributed by atoms with Gasteiger partial charge in [0.1, 0.15) is 0 Å². The van der Waals surface area contributed by atoms with Gasteiger partial charge in [-0.3, -0.25) is 0 Å². The summed E-state index contributed by atoms with van der Waals surface area (Å²) in [7, 11) is 0. The molecule has 0 aromatic heterocycles. The van der Waals surface area contributed by atoms with E-state index < -0.39 is 0 Å². The molecule has 0 aliphatic rings. The van der Waals surface area contributed by atoms with Gasteiger partial charge in [0.25, 0.3) is 0 Å². The zero-order chi connectivity index (χ0) is 11.6. The van der Waals surface area contributed by atoms with Crippen LogP contribution in [0.15, 0.2) is 24.3 Å². The lowest BCUT2D eigenvalue weighted by molar-refractivity contribution is 0.692. The Morgan fingerprint density at radius 1 is 1.06 bits per heavy atom. The summed E-state index contributed by atoms with van der Waals surface area (Å²) in [6.45, 7) is 3.95. The number of aryl methyl sites for hydroxylation is 1. The molecule has 0 spiro atoms. The fraction of sp³-hybridized carbons (Fsp3) is 0.500. The molecule has 1 N–H and O–H groups in total. The van der Waals surface area contributed by atoms with Gasteiger partial charge in [0, 0.05) is 13.0 Å². The van der Waals surface area contributed by atoms with Crippen molar-refractivity contribution in [2.45, 2.75) is 32.6 Å². The Hall–Kier alpha value is -1.33. The van der Waals surface area contributed by atoms with Gasteiger partial charge < -0.3 is 5.32 Å². The maximum Gasteiger partial charge on any atom is 0.0635 e. The van der Waals surface area contributed by atoms with Gasteiger partial charge >= 0.3 is 0 Å². The average Bonchev–Trinajstić information content (AvgIpc) is 2.31. The summed E-state index contributed by atoms with van der Waals surface area (Å²) in [5.74, 6) is 0. The molecule has 86 valence electrons. The Morgan fingerprint density at radius 2 is 1.69 bits per heavy atom. The fourth-order valence-electron chi connectivity index (χ4n) is 1.66. The summed E-state index contributed by atoms with van der Waals surface area (Å²) in [4.78, 5) is 0. The molecule has 1 rings (SSSR count). The van der Waals surface area contributed by atoms with E-state index in [1.807, 2.05) is 0 Å². The standard InChI is InChI=1S/C14H20N2/c1-2-4-13-5-7-14(8-6-13)9-12-16-11-3-10-15/h5-8,16H,2-4,9,11-12H2,1H3. The van der Waals surface area contributed by atoms with Crippen molar-refractivity contribution in [1.29, 1.82) is 5.26 Å². The lowest BCUT2D eigenvalue weighted by Gasteiger charge is -2.04. The first-order chi connectivity index (χ1) is 7.86. The van der Waals surface area contributed by atoms with Crippen molar-refractivity contribution in [1.82, 2.24) is 5.32 Å². The lowest BCUT2D eigenvalue weighted by atomic mass is 10.1. The number of nitrogens with zero attached hydrogens (tertiary/aromatic N) is 1. The smallest absolute Gasteiger partial charge is 0.0635 e. The van der Waals surface area contributed by atoms with E-state index in [4.69, 9.17) is 5.26 Å². The fourth-order valence-corrected chi connectivity index (χ4v) is 1.66. The first kappa shape index (κ1) is 12.7. The van der Waals surface area contributed by atoms with E-state index in [1.54, 1.807) is 0 Å². The van der Waals surface area contributed by atoms with Crippen LogP contribution in [-0.2, 0) is 12.8 Å². The van der Waals surface area contributed by atoms with Crippen molar-refractivity contribution in [3.8, 4) is 6.07 Å². The summed E-state index contributed by atoms with van der Waals surface area (Å²) in [6.07, 6.45) is 4.00. The number of benzene rings is 1. The SMILES string of the molecule is CCCc1ccc(CCNCCC#N)cc1. The van der Waals surface area contributed by atoms with E-state index in [2.05, 4.69) is 42.6 Å². The van der Waals surface area contributed by atoms with Crippen LogP contribution in [0.3, 0.4) is 0 Å². The number of rotatable bonds is 7. The molecule has 0 aliphatic carbocycles. The van der Waals surface area contributed by atoms with Crippen LogP contribution in [0.25, 0.3) is 0 Å². The highest BCUT2D eigenvalue weighted by Crippen LogP contribution is 2.06. The predicted molar refractivity (Wildman–Crippen MR) is 67.2 cm³/mol. The highest BCUT2D eigenvalue weighted by Gasteiger charge is 1.94. The van der Waals surface area contributed by atoms with Gasteiger partial charge in [0.15, 0.2) is 0 Å². The number of nitriles is 1. The third kappa shape index (κ3) is 4.95. The van der Waals surface area contributed by atoms with Crippen molar-refractivity contribution in [2.75, 3.05) is 13.1 Å². The van der Waals surface area contributed by atoms with E-state index in [-0.39, 0.29) is 0 Å². The Labute approximate surface area is 98.3 Å². The van der Waals surface area contributed by atoms with Crippen LogP contribution in [0.4, 0.5) is 0 Å². The molecular formula is C14H20N2. The zero-order valence-corrected chi connectivity index (χ0v) is 10.00. The van der Waals surface area contributed by atoms with Gasteiger partial charge in [0.2, 0.25) is 0 Å². The maximum absolute atomic E-state index is 8.37.